The van der Waals surface area contributed by atoms with Gasteiger partial charge in [0.1, 0.15) is 22.4 Å². The molecule has 0 saturated heterocycles. The third-order valence-corrected chi connectivity index (χ3v) is 3.84. The molecule has 2 N–H and O–H groups in total. The molecule has 0 saturated carbocycles. The molecule has 0 unspecified atom stereocenters. The molecule has 20 heavy (non-hydrogen) atoms. The van der Waals surface area contributed by atoms with Crippen LogP contribution < -0.4 is 5.32 Å². The van der Waals surface area contributed by atoms with E-state index in [1.165, 1.54) is 16.9 Å². The summed E-state index contributed by atoms with van der Waals surface area (Å²) in [7, 11) is 0. The van der Waals surface area contributed by atoms with Crippen molar-refractivity contribution < 1.29 is 5.11 Å². The number of aryl methyl sites for hydroxylation is 1. The van der Waals surface area contributed by atoms with E-state index in [9.17, 15) is 5.11 Å². The molecule has 3 rings (SSSR count). The van der Waals surface area contributed by atoms with E-state index in [2.05, 4.69) is 20.3 Å². The first-order chi connectivity index (χ1) is 9.74. The van der Waals surface area contributed by atoms with Crippen LogP contribution in [0.1, 0.15) is 11.1 Å². The Balaban J connectivity index is 1.68. The van der Waals surface area contributed by atoms with E-state index < -0.39 is 0 Å². The van der Waals surface area contributed by atoms with Crippen molar-refractivity contribution >= 4 is 27.5 Å². The molecule has 0 bridgehead atoms. The Bertz CT molecular complexity index is 741. The van der Waals surface area contributed by atoms with Crippen molar-refractivity contribution in [3.63, 3.8) is 0 Å². The largest absolute Gasteiger partial charge is 0.508 e. The molecule has 5 nitrogen and oxygen atoms in total. The van der Waals surface area contributed by atoms with Crippen molar-refractivity contribution in [1.82, 2.24) is 15.0 Å². The van der Waals surface area contributed by atoms with Crippen molar-refractivity contribution in [2.45, 2.75) is 13.3 Å². The van der Waals surface area contributed by atoms with Crippen LogP contribution >= 0.6 is 11.3 Å². The Kier molecular flexibility index (Phi) is 3.47. The van der Waals surface area contributed by atoms with E-state index in [4.69, 9.17) is 0 Å². The molecule has 2 aromatic heterocycles. The van der Waals surface area contributed by atoms with Gasteiger partial charge in [0.15, 0.2) is 5.82 Å². The van der Waals surface area contributed by atoms with Gasteiger partial charge in [0.2, 0.25) is 0 Å². The van der Waals surface area contributed by atoms with E-state index in [0.717, 1.165) is 34.7 Å². The Morgan fingerprint density at radius 3 is 3.00 bits per heavy atom. The van der Waals surface area contributed by atoms with Crippen LogP contribution in [0.5, 0.6) is 5.75 Å². The normalized spacial score (nSPS) is 10.8. The van der Waals surface area contributed by atoms with E-state index in [-0.39, 0.29) is 0 Å². The zero-order valence-corrected chi connectivity index (χ0v) is 11.8. The van der Waals surface area contributed by atoms with Crippen molar-refractivity contribution in [3.8, 4) is 5.75 Å². The molecule has 0 aliphatic carbocycles. The van der Waals surface area contributed by atoms with Gasteiger partial charge in [-0.05, 0) is 30.5 Å². The van der Waals surface area contributed by atoms with Crippen LogP contribution in [-0.2, 0) is 6.42 Å². The van der Waals surface area contributed by atoms with Crippen molar-refractivity contribution in [1.29, 1.82) is 0 Å². The number of nitrogens with one attached hydrogen (secondary N) is 1. The van der Waals surface area contributed by atoms with Gasteiger partial charge in [-0.3, -0.25) is 0 Å². The fourth-order valence-electron chi connectivity index (χ4n) is 2.02. The number of nitrogens with zero attached hydrogens (tertiary/aromatic N) is 3. The van der Waals surface area contributed by atoms with Gasteiger partial charge in [0, 0.05) is 6.54 Å². The van der Waals surface area contributed by atoms with Crippen LogP contribution in [-0.4, -0.2) is 26.6 Å². The molecule has 2 heterocycles. The van der Waals surface area contributed by atoms with E-state index in [1.807, 2.05) is 19.1 Å². The fraction of sp³-hybridized carbons (Fsp3) is 0.214. The third-order valence-electron chi connectivity index (χ3n) is 3.10. The first-order valence-electron chi connectivity index (χ1n) is 6.30. The first kappa shape index (κ1) is 12.8. The van der Waals surface area contributed by atoms with Gasteiger partial charge < -0.3 is 10.4 Å². The predicted octanol–water partition coefficient (Wildman–Crippen LogP) is 2.75. The highest BCUT2D eigenvalue weighted by atomic mass is 32.1. The quantitative estimate of drug-likeness (QED) is 0.771. The summed E-state index contributed by atoms with van der Waals surface area (Å²) in [6.07, 6.45) is 2.41. The number of rotatable bonds is 4. The maximum atomic E-state index is 9.50. The number of phenols is 1. The number of aromatic hydroxyl groups is 1. The Morgan fingerprint density at radius 1 is 1.25 bits per heavy atom. The fourth-order valence-corrected chi connectivity index (χ4v) is 2.65. The molecule has 0 aliphatic heterocycles. The zero-order valence-electron chi connectivity index (χ0n) is 11.0. The van der Waals surface area contributed by atoms with Gasteiger partial charge in [-0.1, -0.05) is 12.1 Å². The Hall–Kier alpha value is -2.21. The summed E-state index contributed by atoms with van der Waals surface area (Å²) < 4.78 is 0. The number of aromatic nitrogens is 3. The summed E-state index contributed by atoms with van der Waals surface area (Å²) in [5.74, 6) is 1.11. The molecule has 3 aromatic rings. The van der Waals surface area contributed by atoms with Gasteiger partial charge in [-0.25, -0.2) is 15.0 Å². The number of fused-ring (bicyclic) bond motifs is 1. The third kappa shape index (κ3) is 2.55. The van der Waals surface area contributed by atoms with Gasteiger partial charge in [0.25, 0.3) is 0 Å². The molecule has 102 valence electrons. The SMILES string of the molecule is Cc1cc(CCNc2ncnc3scnc23)ccc1O. The molecular weight excluding hydrogens is 272 g/mol. The minimum absolute atomic E-state index is 0.335. The van der Waals surface area contributed by atoms with Gasteiger partial charge in [-0.15, -0.1) is 11.3 Å². The lowest BCUT2D eigenvalue weighted by Gasteiger charge is -2.07. The highest BCUT2D eigenvalue weighted by Crippen LogP contribution is 2.21. The molecule has 0 aliphatic rings. The van der Waals surface area contributed by atoms with Crippen molar-refractivity contribution in [3.05, 3.63) is 41.2 Å². The molecular formula is C14H14N4OS. The van der Waals surface area contributed by atoms with Gasteiger partial charge in [0.05, 0.1) is 5.51 Å². The van der Waals surface area contributed by atoms with Crippen LogP contribution in [0.4, 0.5) is 5.82 Å². The second-order valence-corrected chi connectivity index (χ2v) is 5.36. The summed E-state index contributed by atoms with van der Waals surface area (Å²) >= 11 is 1.50. The smallest absolute Gasteiger partial charge is 0.156 e. The first-order valence-corrected chi connectivity index (χ1v) is 7.18. The van der Waals surface area contributed by atoms with Crippen molar-refractivity contribution in [2.24, 2.45) is 0 Å². The minimum Gasteiger partial charge on any atom is -0.508 e. The summed E-state index contributed by atoms with van der Waals surface area (Å²) in [5, 5.41) is 12.8. The van der Waals surface area contributed by atoms with Gasteiger partial charge in [-0.2, -0.15) is 0 Å². The average molecular weight is 286 g/mol. The molecule has 0 spiro atoms. The van der Waals surface area contributed by atoms with E-state index >= 15 is 0 Å². The summed E-state index contributed by atoms with van der Waals surface area (Å²) in [6.45, 7) is 2.66. The predicted molar refractivity (Wildman–Crippen MR) is 80.2 cm³/mol. The number of benzene rings is 1. The summed E-state index contributed by atoms with van der Waals surface area (Å²) in [4.78, 5) is 13.6. The number of hydrogen-bond donors (Lipinski definition) is 2. The van der Waals surface area contributed by atoms with Crippen LogP contribution in [0.2, 0.25) is 0 Å². The van der Waals surface area contributed by atoms with Crippen LogP contribution in [0.15, 0.2) is 30.0 Å². The molecule has 6 heteroatoms. The second kappa shape index (κ2) is 5.42. The number of phenolic OH excluding ortho intramolecular Hbond substituents is 1. The second-order valence-electron chi connectivity index (χ2n) is 4.53. The molecule has 0 atom stereocenters. The topological polar surface area (TPSA) is 70.9 Å². The monoisotopic (exact) mass is 286 g/mol. The average Bonchev–Trinajstić information content (AvgIpc) is 2.92. The summed E-state index contributed by atoms with van der Waals surface area (Å²) in [5.41, 5.74) is 4.66. The lowest BCUT2D eigenvalue weighted by Crippen LogP contribution is -2.07. The number of hydrogen-bond acceptors (Lipinski definition) is 6. The molecule has 1 aromatic carbocycles. The standard InChI is InChI=1S/C14H14N4OS/c1-9-6-10(2-3-11(9)19)4-5-15-13-12-14(17-7-16-13)20-8-18-12/h2-3,6-8,19H,4-5H2,1H3,(H,15,16,17). The Morgan fingerprint density at radius 2 is 2.15 bits per heavy atom. The highest BCUT2D eigenvalue weighted by Gasteiger charge is 2.05. The number of anilines is 1. The van der Waals surface area contributed by atoms with Crippen LogP contribution in [0, 0.1) is 6.92 Å². The zero-order chi connectivity index (χ0) is 13.9. The van der Waals surface area contributed by atoms with E-state index in [0.29, 0.717) is 5.75 Å². The van der Waals surface area contributed by atoms with Crippen LogP contribution in [0.3, 0.4) is 0 Å². The molecule has 0 amide bonds. The lowest BCUT2D eigenvalue weighted by molar-refractivity contribution is 0.471. The highest BCUT2D eigenvalue weighted by molar-refractivity contribution is 7.16. The lowest BCUT2D eigenvalue weighted by atomic mass is 10.1. The minimum atomic E-state index is 0.335. The van der Waals surface area contributed by atoms with E-state index in [1.54, 1.807) is 17.9 Å². The summed E-state index contributed by atoms with van der Waals surface area (Å²) in [6, 6.07) is 5.66. The maximum Gasteiger partial charge on any atom is 0.156 e. The van der Waals surface area contributed by atoms with Crippen LogP contribution in [0.25, 0.3) is 10.3 Å². The van der Waals surface area contributed by atoms with Gasteiger partial charge >= 0.3 is 0 Å². The molecule has 0 radical (unpaired) electrons. The maximum absolute atomic E-state index is 9.50. The number of thiazole rings is 1. The molecule has 0 fully saturated rings. The van der Waals surface area contributed by atoms with Crippen molar-refractivity contribution in [2.75, 3.05) is 11.9 Å². The Labute approximate surface area is 120 Å².